The maximum atomic E-state index is 12.8. The van der Waals surface area contributed by atoms with Crippen LogP contribution in [0.25, 0.3) is 10.6 Å². The van der Waals surface area contributed by atoms with Gasteiger partial charge in [0.2, 0.25) is 0 Å². The van der Waals surface area contributed by atoms with E-state index in [1.807, 2.05) is 60.8 Å². The number of carbonyl (C=O) groups is 1. The second-order valence-electron chi connectivity index (χ2n) is 7.80. The number of benzene rings is 1. The number of amides is 1. The molecule has 10 heteroatoms. The zero-order valence-electron chi connectivity index (χ0n) is 19.1. The van der Waals surface area contributed by atoms with E-state index in [1.165, 1.54) is 6.33 Å². The van der Waals surface area contributed by atoms with Gasteiger partial charge in [-0.05, 0) is 66.4 Å². The van der Waals surface area contributed by atoms with E-state index in [1.54, 1.807) is 41.4 Å². The van der Waals surface area contributed by atoms with E-state index in [0.717, 1.165) is 21.8 Å². The zero-order chi connectivity index (χ0) is 24.2. The highest BCUT2D eigenvalue weighted by molar-refractivity contribution is 7.13. The number of pyridine rings is 1. The second-order valence-corrected chi connectivity index (χ2v) is 8.75. The van der Waals surface area contributed by atoms with Crippen LogP contribution in [0.4, 0.5) is 28.8 Å². The third-order valence-corrected chi connectivity index (χ3v) is 6.03. The van der Waals surface area contributed by atoms with Crippen molar-refractivity contribution in [3.8, 4) is 10.6 Å². The number of hydrogen-bond donors (Lipinski definition) is 3. The Morgan fingerprint density at radius 1 is 0.886 bits per heavy atom. The Morgan fingerprint density at radius 2 is 1.63 bits per heavy atom. The summed E-state index contributed by atoms with van der Waals surface area (Å²) in [5.74, 6) is 1.75. The maximum absolute atomic E-state index is 12.8. The molecule has 0 aliphatic carbocycles. The molecule has 0 atom stereocenters. The number of hydrogen-bond acceptors (Lipinski definition) is 8. The Morgan fingerprint density at radius 3 is 2.37 bits per heavy atom. The molecule has 0 radical (unpaired) electrons. The minimum absolute atomic E-state index is 0.222. The first-order chi connectivity index (χ1) is 17.0. The molecule has 0 aliphatic heterocycles. The molecule has 174 valence electrons. The summed E-state index contributed by atoms with van der Waals surface area (Å²) < 4.78 is 1.59. The van der Waals surface area contributed by atoms with E-state index >= 15 is 0 Å². The van der Waals surface area contributed by atoms with Gasteiger partial charge in [0, 0.05) is 30.7 Å². The first-order valence-corrected chi connectivity index (χ1v) is 11.7. The number of aryl methyl sites for hydroxylation is 2. The number of nitrogens with zero attached hydrogens (tertiary/aromatic N) is 5. The zero-order valence-corrected chi connectivity index (χ0v) is 19.9. The van der Waals surface area contributed by atoms with Crippen LogP contribution in [0.5, 0.6) is 0 Å². The molecular weight excluding hydrogens is 460 g/mol. The van der Waals surface area contributed by atoms with Gasteiger partial charge in [-0.3, -0.25) is 9.48 Å². The molecule has 9 nitrogen and oxygen atoms in total. The van der Waals surface area contributed by atoms with Crippen molar-refractivity contribution in [1.82, 2.24) is 24.7 Å². The highest BCUT2D eigenvalue weighted by Crippen LogP contribution is 2.25. The highest BCUT2D eigenvalue weighted by Gasteiger charge is 2.15. The molecule has 3 N–H and O–H groups in total. The summed E-state index contributed by atoms with van der Waals surface area (Å²) in [5.41, 5.74) is 3.87. The molecule has 1 aromatic carbocycles. The summed E-state index contributed by atoms with van der Waals surface area (Å²) in [6, 6.07) is 18.8. The fraction of sp³-hybridized carbons (Fsp3) is 0.0800. The molecule has 0 spiro atoms. The van der Waals surface area contributed by atoms with E-state index in [4.69, 9.17) is 0 Å². The number of thiophene rings is 1. The summed E-state index contributed by atoms with van der Waals surface area (Å²) >= 11 is 1.59. The molecule has 0 saturated heterocycles. The monoisotopic (exact) mass is 482 g/mol. The van der Waals surface area contributed by atoms with Gasteiger partial charge in [-0.2, -0.15) is 5.10 Å². The van der Waals surface area contributed by atoms with Crippen LogP contribution in [0.15, 0.2) is 78.6 Å². The molecule has 5 rings (SSSR count). The molecule has 0 aliphatic rings. The molecule has 4 heterocycles. The summed E-state index contributed by atoms with van der Waals surface area (Å²) in [5, 5.41) is 15.8. The van der Waals surface area contributed by atoms with Crippen molar-refractivity contribution in [1.29, 1.82) is 0 Å². The van der Waals surface area contributed by atoms with Crippen LogP contribution in [0.3, 0.4) is 0 Å². The molecule has 0 saturated carbocycles. The Balaban J connectivity index is 1.23. The number of anilines is 5. The van der Waals surface area contributed by atoms with Gasteiger partial charge in [-0.1, -0.05) is 6.07 Å². The summed E-state index contributed by atoms with van der Waals surface area (Å²) in [6.45, 7) is 2.00. The lowest BCUT2D eigenvalue weighted by atomic mass is 10.2. The van der Waals surface area contributed by atoms with Crippen LogP contribution in [-0.2, 0) is 7.05 Å². The van der Waals surface area contributed by atoms with E-state index < -0.39 is 0 Å². The summed E-state index contributed by atoms with van der Waals surface area (Å²) in [6.07, 6.45) is 3.22. The number of aromatic nitrogens is 5. The first-order valence-electron chi connectivity index (χ1n) is 10.8. The molecule has 0 unspecified atom stereocenters. The van der Waals surface area contributed by atoms with Crippen molar-refractivity contribution in [3.63, 3.8) is 0 Å². The lowest BCUT2D eigenvalue weighted by molar-refractivity contribution is 0.101. The highest BCUT2D eigenvalue weighted by atomic mass is 32.1. The van der Waals surface area contributed by atoms with E-state index in [2.05, 4.69) is 36.0 Å². The SMILES string of the molecule is Cc1ccnc(Nc2cc(Nc3ccc(NC(=O)c4cc(-c5cccs5)nn4C)cc3)ncn2)c1. The largest absolute Gasteiger partial charge is 0.340 e. The van der Waals surface area contributed by atoms with Gasteiger partial charge in [0.05, 0.1) is 4.88 Å². The average molecular weight is 483 g/mol. The fourth-order valence-electron chi connectivity index (χ4n) is 3.43. The Bertz CT molecular complexity index is 1460. The Hall–Kier alpha value is -4.57. The van der Waals surface area contributed by atoms with Crippen molar-refractivity contribution in [2.24, 2.45) is 7.05 Å². The molecule has 0 fully saturated rings. The van der Waals surface area contributed by atoms with E-state index in [-0.39, 0.29) is 5.91 Å². The van der Waals surface area contributed by atoms with Crippen LogP contribution in [0.1, 0.15) is 16.1 Å². The molecule has 4 aromatic heterocycles. The quantitative estimate of drug-likeness (QED) is 0.286. The van der Waals surface area contributed by atoms with Crippen molar-refractivity contribution < 1.29 is 4.79 Å². The third-order valence-electron chi connectivity index (χ3n) is 5.14. The first kappa shape index (κ1) is 22.2. The van der Waals surface area contributed by atoms with Gasteiger partial charge in [0.25, 0.3) is 5.91 Å². The summed E-state index contributed by atoms with van der Waals surface area (Å²) in [4.78, 5) is 26.6. The normalized spacial score (nSPS) is 10.7. The maximum Gasteiger partial charge on any atom is 0.273 e. The van der Waals surface area contributed by atoms with Gasteiger partial charge >= 0.3 is 0 Å². The van der Waals surface area contributed by atoms with Crippen LogP contribution < -0.4 is 16.0 Å². The fourth-order valence-corrected chi connectivity index (χ4v) is 4.12. The molecular formula is C25H22N8OS. The van der Waals surface area contributed by atoms with E-state index in [0.29, 0.717) is 28.8 Å². The van der Waals surface area contributed by atoms with Crippen molar-refractivity contribution in [2.75, 3.05) is 16.0 Å². The minimum atomic E-state index is -0.222. The van der Waals surface area contributed by atoms with Crippen molar-refractivity contribution in [2.45, 2.75) is 6.92 Å². The molecule has 35 heavy (non-hydrogen) atoms. The number of nitrogens with one attached hydrogen (secondary N) is 3. The number of carbonyl (C=O) groups excluding carboxylic acids is 1. The topological polar surface area (TPSA) is 110 Å². The molecule has 0 bridgehead atoms. The van der Waals surface area contributed by atoms with E-state index in [9.17, 15) is 4.79 Å². The predicted molar refractivity (Wildman–Crippen MR) is 138 cm³/mol. The van der Waals surface area contributed by atoms with Gasteiger partial charge < -0.3 is 16.0 Å². The van der Waals surface area contributed by atoms with Gasteiger partial charge in [0.15, 0.2) is 0 Å². The van der Waals surface area contributed by atoms with Crippen LogP contribution in [0, 0.1) is 6.92 Å². The Kier molecular flexibility index (Phi) is 6.18. The average Bonchev–Trinajstić information content (AvgIpc) is 3.51. The van der Waals surface area contributed by atoms with Crippen LogP contribution in [0.2, 0.25) is 0 Å². The van der Waals surface area contributed by atoms with Crippen LogP contribution in [-0.4, -0.2) is 30.6 Å². The van der Waals surface area contributed by atoms with Crippen molar-refractivity contribution in [3.05, 3.63) is 89.8 Å². The minimum Gasteiger partial charge on any atom is -0.340 e. The summed E-state index contributed by atoms with van der Waals surface area (Å²) in [7, 11) is 1.76. The van der Waals surface area contributed by atoms with Crippen molar-refractivity contribution >= 4 is 46.1 Å². The molecule has 1 amide bonds. The van der Waals surface area contributed by atoms with Gasteiger partial charge in [0.1, 0.15) is 35.2 Å². The lowest BCUT2D eigenvalue weighted by Crippen LogP contribution is -2.15. The number of rotatable bonds is 7. The predicted octanol–water partition coefficient (Wildman–Crippen LogP) is 5.38. The Labute approximate surface area is 205 Å². The van der Waals surface area contributed by atoms with Gasteiger partial charge in [-0.15, -0.1) is 11.3 Å². The lowest BCUT2D eigenvalue weighted by Gasteiger charge is -2.10. The standard InChI is InChI=1S/C25H22N8OS/c1-16-9-10-26-22(12-16)31-24-14-23(27-15-28-24)29-17-5-7-18(8-6-17)30-25(34)20-13-19(32-33(20)2)21-4-3-11-35-21/h3-15H,1-2H3,(H,30,34)(H2,26,27,28,29,31). The molecule has 5 aromatic rings. The second kappa shape index (κ2) is 9.74. The third kappa shape index (κ3) is 5.33. The smallest absolute Gasteiger partial charge is 0.273 e. The van der Waals surface area contributed by atoms with Gasteiger partial charge in [-0.25, -0.2) is 15.0 Å². The van der Waals surface area contributed by atoms with Crippen LogP contribution >= 0.6 is 11.3 Å².